The van der Waals surface area contributed by atoms with Gasteiger partial charge in [0.2, 0.25) is 0 Å². The van der Waals surface area contributed by atoms with Gasteiger partial charge in [-0.25, -0.2) is 14.8 Å². The summed E-state index contributed by atoms with van der Waals surface area (Å²) < 4.78 is 18.6. The molecule has 234 valence electrons. The number of benzene rings is 2. The van der Waals surface area contributed by atoms with Crippen LogP contribution in [0.2, 0.25) is 5.02 Å². The molecule has 0 atom stereocenters. The quantitative estimate of drug-likeness (QED) is 0.201. The third kappa shape index (κ3) is 7.96. The minimum atomic E-state index is -0.555. The predicted octanol–water partition coefficient (Wildman–Crippen LogP) is 6.05. The maximum Gasteiger partial charge on any atom is 0.407 e. The zero-order chi connectivity index (χ0) is 32.0. The van der Waals surface area contributed by atoms with E-state index in [1.54, 1.807) is 55.6 Å². The Hall–Kier alpha value is -4.38. The van der Waals surface area contributed by atoms with Gasteiger partial charge in [-0.15, -0.1) is 0 Å². The molecule has 0 unspecified atom stereocenters. The zero-order valence-corrected chi connectivity index (χ0v) is 27.0. The second-order valence-electron chi connectivity index (χ2n) is 11.3. The Morgan fingerprint density at radius 1 is 1.09 bits per heavy atom. The molecular weight excluding hydrogens is 584 g/mol. The van der Waals surface area contributed by atoms with Gasteiger partial charge in [-0.3, -0.25) is 9.48 Å². The van der Waals surface area contributed by atoms with Crippen LogP contribution in [-0.2, 0) is 17.8 Å². The highest BCUT2D eigenvalue weighted by Crippen LogP contribution is 2.33. The summed E-state index contributed by atoms with van der Waals surface area (Å²) in [7, 11) is 3.29. The number of ether oxygens (including phenoxy) is 3. The first-order valence-electron chi connectivity index (χ1n) is 14.4. The van der Waals surface area contributed by atoms with Crippen LogP contribution in [0.5, 0.6) is 11.5 Å². The number of aromatic nitrogens is 4. The fourth-order valence-electron chi connectivity index (χ4n) is 4.54. The third-order valence-electron chi connectivity index (χ3n) is 6.79. The van der Waals surface area contributed by atoms with E-state index in [0.29, 0.717) is 64.9 Å². The molecule has 12 heteroatoms. The van der Waals surface area contributed by atoms with Gasteiger partial charge in [0.1, 0.15) is 11.3 Å². The number of amides is 2. The number of carbonyl (C=O) groups excluding carboxylic acids is 2. The molecule has 2 amide bonds. The summed E-state index contributed by atoms with van der Waals surface area (Å²) in [5.41, 5.74) is 2.89. The molecule has 0 fully saturated rings. The average Bonchev–Trinajstić information content (AvgIpc) is 3.33. The molecule has 2 aromatic heterocycles. The number of nitrogens with one attached hydrogen (secondary N) is 1. The van der Waals surface area contributed by atoms with Gasteiger partial charge in [0, 0.05) is 53.9 Å². The molecule has 0 aliphatic rings. The Labute approximate surface area is 262 Å². The van der Waals surface area contributed by atoms with Crippen LogP contribution in [0, 0.1) is 6.92 Å². The first kappa shape index (κ1) is 32.5. The molecule has 0 bridgehead atoms. The molecule has 1 N–H and O–H groups in total. The summed E-state index contributed by atoms with van der Waals surface area (Å²) in [6.45, 7) is 11.3. The van der Waals surface area contributed by atoms with Crippen LogP contribution < -0.4 is 14.8 Å². The fraction of sp³-hybridized carbons (Fsp3) is 0.406. The van der Waals surface area contributed by atoms with Crippen molar-refractivity contribution in [2.75, 3.05) is 27.3 Å². The number of methoxy groups -OCH3 is 1. The highest BCUT2D eigenvalue weighted by Gasteiger charge is 2.22. The number of fused-ring (bicyclic) bond motifs is 1. The number of rotatable bonds is 11. The lowest BCUT2D eigenvalue weighted by Gasteiger charge is -2.19. The molecule has 0 aliphatic carbocycles. The van der Waals surface area contributed by atoms with Crippen molar-refractivity contribution in [2.45, 2.75) is 59.7 Å². The molecule has 0 aliphatic heterocycles. The maximum atomic E-state index is 13.8. The predicted molar refractivity (Wildman–Crippen MR) is 169 cm³/mol. The van der Waals surface area contributed by atoms with E-state index >= 15 is 0 Å². The second-order valence-corrected chi connectivity index (χ2v) is 11.7. The van der Waals surface area contributed by atoms with Crippen molar-refractivity contribution in [3.8, 4) is 22.9 Å². The standard InChI is InChI=1S/C32H39ClN6O5/c1-8-39-20(2)22(18-35-39)19-38(6)30(40)28-24-17-23(33)11-12-25(24)36-29(37-28)21-10-13-26(27(16-21)42-7)43-15-9-14-34-31(41)44-32(3,4)5/h10-13,16-18H,8-9,14-15,19H2,1-7H3,(H,34,41). The SMILES string of the molecule is CCn1ncc(CN(C)C(=O)c2nc(-c3ccc(OCCCNC(=O)OC(C)(C)C)c(OC)c3)nc3ccc(Cl)cc23)c1C. The van der Waals surface area contributed by atoms with Crippen LogP contribution in [-0.4, -0.2) is 69.6 Å². The first-order chi connectivity index (χ1) is 20.9. The van der Waals surface area contributed by atoms with Gasteiger partial charge >= 0.3 is 6.09 Å². The lowest BCUT2D eigenvalue weighted by molar-refractivity contribution is 0.0525. The van der Waals surface area contributed by atoms with Crippen LogP contribution in [0.4, 0.5) is 4.79 Å². The number of hydrogen-bond acceptors (Lipinski definition) is 8. The largest absolute Gasteiger partial charge is 0.493 e. The Morgan fingerprint density at radius 2 is 1.86 bits per heavy atom. The molecule has 11 nitrogen and oxygen atoms in total. The molecule has 0 saturated carbocycles. The van der Waals surface area contributed by atoms with Gasteiger partial charge in [0.15, 0.2) is 17.3 Å². The van der Waals surface area contributed by atoms with Gasteiger partial charge in [-0.1, -0.05) is 11.6 Å². The third-order valence-corrected chi connectivity index (χ3v) is 7.02. The highest BCUT2D eigenvalue weighted by atomic mass is 35.5. The average molecular weight is 623 g/mol. The lowest BCUT2D eigenvalue weighted by atomic mass is 10.1. The van der Waals surface area contributed by atoms with Crippen molar-refractivity contribution in [3.05, 3.63) is 64.6 Å². The van der Waals surface area contributed by atoms with Crippen molar-refractivity contribution in [1.82, 2.24) is 30.0 Å². The molecule has 0 radical (unpaired) electrons. The number of halogens is 1. The molecule has 44 heavy (non-hydrogen) atoms. The van der Waals surface area contributed by atoms with E-state index in [9.17, 15) is 9.59 Å². The number of nitrogens with zero attached hydrogens (tertiary/aromatic N) is 5. The second kappa shape index (κ2) is 13.9. The molecule has 4 rings (SSSR count). The van der Waals surface area contributed by atoms with Gasteiger partial charge in [-0.2, -0.15) is 5.10 Å². The van der Waals surface area contributed by atoms with E-state index in [0.717, 1.165) is 17.8 Å². The van der Waals surface area contributed by atoms with Crippen molar-refractivity contribution in [3.63, 3.8) is 0 Å². The van der Waals surface area contributed by atoms with Crippen LogP contribution in [0.3, 0.4) is 0 Å². The Kier molecular flexibility index (Phi) is 10.3. The van der Waals surface area contributed by atoms with E-state index in [1.165, 1.54) is 0 Å². The topological polar surface area (TPSA) is 121 Å². The van der Waals surface area contributed by atoms with Crippen LogP contribution >= 0.6 is 11.6 Å². The monoisotopic (exact) mass is 622 g/mol. The fourth-order valence-corrected chi connectivity index (χ4v) is 4.72. The Bertz CT molecular complexity index is 1650. The highest BCUT2D eigenvalue weighted by molar-refractivity contribution is 6.31. The maximum absolute atomic E-state index is 13.8. The van der Waals surface area contributed by atoms with Crippen molar-refractivity contribution < 1.29 is 23.8 Å². The molecule has 0 saturated heterocycles. The van der Waals surface area contributed by atoms with E-state index in [4.69, 9.17) is 35.8 Å². The summed E-state index contributed by atoms with van der Waals surface area (Å²) >= 11 is 6.31. The molecule has 2 heterocycles. The Balaban J connectivity index is 1.54. The summed E-state index contributed by atoms with van der Waals surface area (Å²) in [5.74, 6) is 1.10. The van der Waals surface area contributed by atoms with Gasteiger partial charge in [0.05, 0.1) is 25.4 Å². The van der Waals surface area contributed by atoms with Gasteiger partial charge < -0.3 is 24.4 Å². The van der Waals surface area contributed by atoms with Crippen molar-refractivity contribution in [2.24, 2.45) is 0 Å². The van der Waals surface area contributed by atoms with Crippen LogP contribution in [0.1, 0.15) is 55.9 Å². The summed E-state index contributed by atoms with van der Waals surface area (Å²) in [6.07, 6.45) is 1.89. The minimum Gasteiger partial charge on any atom is -0.493 e. The number of alkyl carbamates (subject to hydrolysis) is 1. The van der Waals surface area contributed by atoms with E-state index < -0.39 is 11.7 Å². The normalized spacial score (nSPS) is 11.4. The van der Waals surface area contributed by atoms with Crippen LogP contribution in [0.25, 0.3) is 22.3 Å². The molecule has 0 spiro atoms. The van der Waals surface area contributed by atoms with E-state index in [2.05, 4.69) is 10.4 Å². The van der Waals surface area contributed by atoms with E-state index in [1.807, 2.05) is 45.4 Å². The number of hydrogen-bond donors (Lipinski definition) is 1. The summed E-state index contributed by atoms with van der Waals surface area (Å²) in [5, 5.41) is 8.15. The number of carbonyl (C=O) groups is 2. The Morgan fingerprint density at radius 3 is 2.55 bits per heavy atom. The molecule has 2 aromatic carbocycles. The van der Waals surface area contributed by atoms with Gasteiger partial charge in [-0.05, 0) is 77.4 Å². The smallest absolute Gasteiger partial charge is 0.407 e. The number of aryl methyl sites for hydroxylation is 1. The molecular formula is C32H39ClN6O5. The molecule has 4 aromatic rings. The minimum absolute atomic E-state index is 0.243. The first-order valence-corrected chi connectivity index (χ1v) is 14.8. The van der Waals surface area contributed by atoms with Crippen molar-refractivity contribution >= 4 is 34.5 Å². The van der Waals surface area contributed by atoms with E-state index in [-0.39, 0.29) is 11.6 Å². The van der Waals surface area contributed by atoms with Gasteiger partial charge in [0.25, 0.3) is 5.91 Å². The summed E-state index contributed by atoms with van der Waals surface area (Å²) in [6, 6.07) is 10.6. The zero-order valence-electron chi connectivity index (χ0n) is 26.2. The summed E-state index contributed by atoms with van der Waals surface area (Å²) in [4.78, 5) is 36.7. The van der Waals surface area contributed by atoms with Crippen molar-refractivity contribution in [1.29, 1.82) is 0 Å². The van der Waals surface area contributed by atoms with Crippen LogP contribution in [0.15, 0.2) is 42.6 Å². The lowest BCUT2D eigenvalue weighted by Crippen LogP contribution is -2.33.